The topological polar surface area (TPSA) is 58.6 Å². The summed E-state index contributed by atoms with van der Waals surface area (Å²) in [6.07, 6.45) is 4.76. The molecule has 108 valence electrons. The van der Waals surface area contributed by atoms with Crippen molar-refractivity contribution in [3.05, 3.63) is 24.3 Å². The van der Waals surface area contributed by atoms with Crippen LogP contribution in [0.25, 0.3) is 0 Å². The number of nitrogens with zero attached hydrogens (tertiary/aromatic N) is 4. The molecule has 0 spiro atoms. The lowest BCUT2D eigenvalue weighted by molar-refractivity contribution is -0.0582. The highest BCUT2D eigenvalue weighted by molar-refractivity contribution is 5.92. The van der Waals surface area contributed by atoms with Crippen LogP contribution in [0.3, 0.4) is 0 Å². The van der Waals surface area contributed by atoms with Crippen LogP contribution in [0.1, 0.15) is 24.3 Å². The highest BCUT2D eigenvalue weighted by Crippen LogP contribution is 2.25. The van der Waals surface area contributed by atoms with E-state index in [1.807, 2.05) is 4.90 Å². The molecule has 6 nitrogen and oxygen atoms in total. The fourth-order valence-electron chi connectivity index (χ4n) is 3.09. The van der Waals surface area contributed by atoms with Gasteiger partial charge in [-0.3, -0.25) is 14.7 Å². The first-order valence-corrected chi connectivity index (χ1v) is 7.09. The molecular weight excluding hydrogens is 256 g/mol. The molecule has 1 amide bonds. The predicted molar refractivity (Wildman–Crippen MR) is 73.3 cm³/mol. The third-order valence-corrected chi connectivity index (χ3v) is 4.08. The van der Waals surface area contributed by atoms with Crippen LogP contribution in [0.2, 0.25) is 0 Å². The maximum Gasteiger partial charge on any atom is 0.274 e. The molecular formula is C14H20N4O2. The lowest BCUT2D eigenvalue weighted by Crippen LogP contribution is -2.53. The Morgan fingerprint density at radius 1 is 1.40 bits per heavy atom. The van der Waals surface area contributed by atoms with Crippen molar-refractivity contribution in [2.24, 2.45) is 0 Å². The van der Waals surface area contributed by atoms with Crippen LogP contribution in [0.15, 0.2) is 18.6 Å². The molecule has 2 atom stereocenters. The van der Waals surface area contributed by atoms with E-state index in [4.69, 9.17) is 4.74 Å². The fourth-order valence-corrected chi connectivity index (χ4v) is 3.09. The van der Waals surface area contributed by atoms with Crippen molar-refractivity contribution in [2.75, 3.05) is 26.2 Å². The van der Waals surface area contributed by atoms with Gasteiger partial charge in [0.05, 0.1) is 24.9 Å². The van der Waals surface area contributed by atoms with Gasteiger partial charge in [0.2, 0.25) is 0 Å². The number of amides is 1. The summed E-state index contributed by atoms with van der Waals surface area (Å²) in [6.45, 7) is 7.41. The molecule has 2 aliphatic rings. The number of aromatic nitrogens is 2. The van der Waals surface area contributed by atoms with E-state index in [1.165, 1.54) is 6.20 Å². The third kappa shape index (κ3) is 2.41. The highest BCUT2D eigenvalue weighted by atomic mass is 16.5. The van der Waals surface area contributed by atoms with Gasteiger partial charge < -0.3 is 9.64 Å². The Morgan fingerprint density at radius 2 is 2.25 bits per heavy atom. The van der Waals surface area contributed by atoms with E-state index in [1.54, 1.807) is 12.4 Å². The van der Waals surface area contributed by atoms with Crippen molar-refractivity contribution in [1.29, 1.82) is 0 Å². The second-order valence-electron chi connectivity index (χ2n) is 5.61. The number of morpholine rings is 1. The van der Waals surface area contributed by atoms with E-state index in [0.29, 0.717) is 30.9 Å². The first-order valence-electron chi connectivity index (χ1n) is 7.09. The molecule has 0 aromatic carbocycles. The molecule has 0 unspecified atom stereocenters. The summed E-state index contributed by atoms with van der Waals surface area (Å²) in [6, 6.07) is 0.766. The molecule has 2 aliphatic heterocycles. The van der Waals surface area contributed by atoms with Crippen molar-refractivity contribution in [1.82, 2.24) is 19.8 Å². The molecule has 0 saturated carbocycles. The van der Waals surface area contributed by atoms with Gasteiger partial charge in [0.25, 0.3) is 5.91 Å². The summed E-state index contributed by atoms with van der Waals surface area (Å²) in [5, 5.41) is 0. The van der Waals surface area contributed by atoms with Crippen molar-refractivity contribution >= 4 is 5.91 Å². The van der Waals surface area contributed by atoms with Gasteiger partial charge in [0.1, 0.15) is 5.69 Å². The Morgan fingerprint density at radius 3 is 2.95 bits per heavy atom. The number of fused-ring (bicyclic) bond motifs is 1. The molecule has 0 bridgehead atoms. The molecule has 3 heterocycles. The average Bonchev–Trinajstić information content (AvgIpc) is 2.90. The van der Waals surface area contributed by atoms with Crippen LogP contribution in [0.5, 0.6) is 0 Å². The van der Waals surface area contributed by atoms with Gasteiger partial charge in [-0.15, -0.1) is 0 Å². The van der Waals surface area contributed by atoms with Crippen molar-refractivity contribution < 1.29 is 9.53 Å². The zero-order valence-electron chi connectivity index (χ0n) is 11.9. The minimum absolute atomic E-state index is 0.0557. The lowest BCUT2D eigenvalue weighted by Gasteiger charge is -2.39. The SMILES string of the molecule is CC(C)N1CCO[C@H]2CN(C(=O)c3cnccn3)C[C@H]21. The van der Waals surface area contributed by atoms with Crippen molar-refractivity contribution in [3.63, 3.8) is 0 Å². The van der Waals surface area contributed by atoms with Crippen LogP contribution in [-0.2, 0) is 4.74 Å². The lowest BCUT2D eigenvalue weighted by atomic mass is 10.1. The summed E-state index contributed by atoms with van der Waals surface area (Å²) in [5.74, 6) is -0.0557. The van der Waals surface area contributed by atoms with Crippen LogP contribution >= 0.6 is 0 Å². The summed E-state index contributed by atoms with van der Waals surface area (Å²) in [7, 11) is 0. The smallest absolute Gasteiger partial charge is 0.274 e. The number of likely N-dealkylation sites (tertiary alicyclic amines) is 1. The standard InChI is InChI=1S/C14H20N4O2/c1-10(2)18-5-6-20-13-9-17(8-12(13)18)14(19)11-7-15-3-4-16-11/h3-4,7,10,12-13H,5-6,8-9H2,1-2H3/t12-,13+/m1/s1. The van der Waals surface area contributed by atoms with Crippen LogP contribution < -0.4 is 0 Å². The van der Waals surface area contributed by atoms with Crippen LogP contribution in [0, 0.1) is 0 Å². The molecule has 1 aromatic heterocycles. The summed E-state index contributed by atoms with van der Waals surface area (Å²) in [5.41, 5.74) is 0.405. The molecule has 0 radical (unpaired) electrons. The molecule has 3 rings (SSSR count). The summed E-state index contributed by atoms with van der Waals surface area (Å²) in [4.78, 5) is 24.7. The number of carbonyl (C=O) groups is 1. The van der Waals surface area contributed by atoms with E-state index in [9.17, 15) is 4.79 Å². The Labute approximate surface area is 118 Å². The maximum absolute atomic E-state index is 12.4. The van der Waals surface area contributed by atoms with Gasteiger partial charge in [-0.1, -0.05) is 0 Å². The van der Waals surface area contributed by atoms with Gasteiger partial charge in [-0.2, -0.15) is 0 Å². The van der Waals surface area contributed by atoms with E-state index in [2.05, 4.69) is 28.7 Å². The normalized spacial score (nSPS) is 26.9. The zero-order valence-corrected chi connectivity index (χ0v) is 11.9. The number of carbonyl (C=O) groups excluding carboxylic acids is 1. The van der Waals surface area contributed by atoms with Gasteiger partial charge >= 0.3 is 0 Å². The van der Waals surface area contributed by atoms with E-state index in [-0.39, 0.29) is 12.0 Å². The van der Waals surface area contributed by atoms with Gasteiger partial charge in [0, 0.05) is 38.1 Å². The van der Waals surface area contributed by atoms with Gasteiger partial charge in [0.15, 0.2) is 0 Å². The Bertz CT molecular complexity index is 479. The van der Waals surface area contributed by atoms with Crippen molar-refractivity contribution in [2.45, 2.75) is 32.0 Å². The quantitative estimate of drug-likeness (QED) is 0.783. The second kappa shape index (κ2) is 5.46. The van der Waals surface area contributed by atoms with Gasteiger partial charge in [-0.25, -0.2) is 4.98 Å². The van der Waals surface area contributed by atoms with E-state index < -0.39 is 0 Å². The maximum atomic E-state index is 12.4. The van der Waals surface area contributed by atoms with Crippen molar-refractivity contribution in [3.8, 4) is 0 Å². The predicted octanol–water partition coefficient (Wildman–Crippen LogP) is 0.410. The molecule has 0 N–H and O–H groups in total. The van der Waals surface area contributed by atoms with E-state index >= 15 is 0 Å². The minimum atomic E-state index is -0.0557. The Hall–Kier alpha value is -1.53. The molecule has 0 aliphatic carbocycles. The number of ether oxygens (including phenoxy) is 1. The highest BCUT2D eigenvalue weighted by Gasteiger charge is 2.42. The molecule has 2 fully saturated rings. The molecule has 6 heteroatoms. The average molecular weight is 276 g/mol. The first-order chi connectivity index (χ1) is 9.66. The molecule has 2 saturated heterocycles. The Kier molecular flexibility index (Phi) is 3.67. The van der Waals surface area contributed by atoms with Crippen LogP contribution in [-0.4, -0.2) is 70.1 Å². The second-order valence-corrected chi connectivity index (χ2v) is 5.61. The first kappa shape index (κ1) is 13.5. The zero-order chi connectivity index (χ0) is 14.1. The number of hydrogen-bond acceptors (Lipinski definition) is 5. The molecule has 20 heavy (non-hydrogen) atoms. The third-order valence-electron chi connectivity index (χ3n) is 4.08. The van der Waals surface area contributed by atoms with E-state index in [0.717, 1.165) is 13.2 Å². The monoisotopic (exact) mass is 276 g/mol. The number of rotatable bonds is 2. The number of hydrogen-bond donors (Lipinski definition) is 0. The van der Waals surface area contributed by atoms with Gasteiger partial charge in [-0.05, 0) is 13.8 Å². The largest absolute Gasteiger partial charge is 0.373 e. The minimum Gasteiger partial charge on any atom is -0.373 e. The van der Waals surface area contributed by atoms with Crippen LogP contribution in [0.4, 0.5) is 0 Å². The fraction of sp³-hybridized carbons (Fsp3) is 0.643. The summed E-state index contributed by atoms with van der Waals surface area (Å²) >= 11 is 0. The Balaban J connectivity index is 1.74. The summed E-state index contributed by atoms with van der Waals surface area (Å²) < 4.78 is 5.83. The molecule has 1 aromatic rings.